The van der Waals surface area contributed by atoms with Crippen molar-refractivity contribution in [3.05, 3.63) is 70.5 Å². The first-order chi connectivity index (χ1) is 18.5. The molecule has 0 radical (unpaired) electrons. The van der Waals surface area contributed by atoms with E-state index in [2.05, 4.69) is 71.6 Å². The number of carboxylic acid groups (broad SMARTS) is 1. The Kier molecular flexibility index (Phi) is 9.94. The number of benzene rings is 2. The quantitative estimate of drug-likeness (QED) is 0.320. The number of rotatable bonds is 10. The zero-order chi connectivity index (χ0) is 30.0. The highest BCUT2D eigenvalue weighted by Crippen LogP contribution is 2.44. The van der Waals surface area contributed by atoms with Crippen LogP contribution in [0.2, 0.25) is 0 Å². The van der Waals surface area contributed by atoms with Crippen LogP contribution in [0, 0.1) is 11.2 Å². The number of ether oxygens (including phenoxy) is 1. The standard InChI is InChI=1S/C35H52FNO3/c1-11-35(12-2,32(38)39)22-37(10)29-19-20-30(31(29)24-13-16-26(36)17-14-24)40-23(3)27-18-15-25(33(4,5)6)21-28(27)34(7,8)9/h13-18,21,23,29-31H,11-12,19-20,22H2,1-10H3,(H,38,39). The van der Waals surface area contributed by atoms with E-state index in [-0.39, 0.29) is 40.8 Å². The number of halogens is 1. The van der Waals surface area contributed by atoms with Crippen molar-refractivity contribution < 1.29 is 19.0 Å². The highest BCUT2D eigenvalue weighted by molar-refractivity contribution is 5.74. The van der Waals surface area contributed by atoms with Gasteiger partial charge in [-0.2, -0.15) is 0 Å². The SMILES string of the molecule is CCC(CC)(CN(C)C1CCC(OC(C)c2ccc(C(C)(C)C)cc2C(C)(C)C)C1c1ccc(F)cc1)C(=O)O. The molecule has 3 rings (SSSR count). The van der Waals surface area contributed by atoms with Gasteiger partial charge < -0.3 is 14.7 Å². The van der Waals surface area contributed by atoms with Crippen molar-refractivity contribution in [3.63, 3.8) is 0 Å². The van der Waals surface area contributed by atoms with Crippen molar-refractivity contribution in [2.24, 2.45) is 5.41 Å². The minimum Gasteiger partial charge on any atom is -0.481 e. The minimum absolute atomic E-state index is 0.0141. The molecule has 0 aliphatic heterocycles. The summed E-state index contributed by atoms with van der Waals surface area (Å²) in [6.45, 7) is 20.0. The Labute approximate surface area is 242 Å². The van der Waals surface area contributed by atoms with Gasteiger partial charge in [-0.3, -0.25) is 4.79 Å². The van der Waals surface area contributed by atoms with Crippen molar-refractivity contribution in [2.45, 2.75) is 123 Å². The summed E-state index contributed by atoms with van der Waals surface area (Å²) in [5.74, 6) is -0.983. The second-order valence-corrected chi connectivity index (χ2v) is 14.0. The fraction of sp³-hybridized carbons (Fsp3) is 0.629. The van der Waals surface area contributed by atoms with Crippen molar-refractivity contribution in [1.82, 2.24) is 4.90 Å². The molecule has 1 aliphatic rings. The highest BCUT2D eigenvalue weighted by Gasteiger charge is 2.44. The zero-order valence-corrected chi connectivity index (χ0v) is 26.5. The third-order valence-corrected chi connectivity index (χ3v) is 9.29. The maximum Gasteiger partial charge on any atom is 0.310 e. The normalized spacial score (nSPS) is 21.1. The van der Waals surface area contributed by atoms with Crippen molar-refractivity contribution in [1.29, 1.82) is 0 Å². The fourth-order valence-electron chi connectivity index (χ4n) is 6.51. The summed E-state index contributed by atoms with van der Waals surface area (Å²) in [5.41, 5.74) is 4.09. The lowest BCUT2D eigenvalue weighted by molar-refractivity contribution is -0.151. The number of aliphatic carboxylic acids is 1. The fourth-order valence-corrected chi connectivity index (χ4v) is 6.51. The van der Waals surface area contributed by atoms with Gasteiger partial charge in [-0.25, -0.2) is 4.39 Å². The van der Waals surface area contributed by atoms with Crippen LogP contribution in [-0.4, -0.2) is 41.7 Å². The monoisotopic (exact) mass is 553 g/mol. The van der Waals surface area contributed by atoms with Crippen LogP contribution in [0.5, 0.6) is 0 Å². The average Bonchev–Trinajstić information content (AvgIpc) is 3.29. The van der Waals surface area contributed by atoms with Gasteiger partial charge in [0.25, 0.3) is 0 Å². The van der Waals surface area contributed by atoms with Gasteiger partial charge in [0.1, 0.15) is 5.82 Å². The largest absolute Gasteiger partial charge is 0.481 e. The van der Waals surface area contributed by atoms with E-state index in [0.717, 1.165) is 18.4 Å². The number of nitrogens with zero attached hydrogens (tertiary/aromatic N) is 1. The summed E-state index contributed by atoms with van der Waals surface area (Å²) in [6.07, 6.45) is 2.73. The second-order valence-electron chi connectivity index (χ2n) is 14.0. The predicted octanol–water partition coefficient (Wildman–Crippen LogP) is 8.64. The molecule has 222 valence electrons. The molecule has 0 spiro atoms. The first kappa shape index (κ1) is 32.3. The maximum atomic E-state index is 13.9. The Balaban J connectivity index is 1.96. The third-order valence-electron chi connectivity index (χ3n) is 9.29. The van der Waals surface area contributed by atoms with Gasteiger partial charge in [-0.15, -0.1) is 0 Å². The molecule has 1 N–H and O–H groups in total. The molecule has 0 aromatic heterocycles. The van der Waals surface area contributed by atoms with E-state index in [1.54, 1.807) is 0 Å². The molecule has 4 unspecified atom stereocenters. The van der Waals surface area contributed by atoms with Crippen LogP contribution >= 0.6 is 0 Å². The molecule has 0 bridgehead atoms. The van der Waals surface area contributed by atoms with Crippen molar-refractivity contribution in [3.8, 4) is 0 Å². The molecule has 5 heteroatoms. The Morgan fingerprint density at radius 1 is 1.00 bits per heavy atom. The first-order valence-corrected chi connectivity index (χ1v) is 15.0. The lowest BCUT2D eigenvalue weighted by Crippen LogP contribution is -2.46. The van der Waals surface area contributed by atoms with Crippen LogP contribution in [-0.2, 0) is 20.4 Å². The molecule has 1 fully saturated rings. The van der Waals surface area contributed by atoms with Gasteiger partial charge in [0.15, 0.2) is 0 Å². The molecule has 4 nitrogen and oxygen atoms in total. The van der Waals surface area contributed by atoms with Crippen LogP contribution in [0.15, 0.2) is 42.5 Å². The molecule has 2 aromatic carbocycles. The van der Waals surface area contributed by atoms with Crippen molar-refractivity contribution in [2.75, 3.05) is 13.6 Å². The number of carbonyl (C=O) groups is 1. The molecular weight excluding hydrogens is 501 g/mol. The predicted molar refractivity (Wildman–Crippen MR) is 163 cm³/mol. The maximum absolute atomic E-state index is 13.9. The molecule has 1 saturated carbocycles. The van der Waals surface area contributed by atoms with Gasteiger partial charge in [0.2, 0.25) is 0 Å². The van der Waals surface area contributed by atoms with E-state index in [1.807, 2.05) is 33.0 Å². The van der Waals surface area contributed by atoms with Crippen LogP contribution in [0.1, 0.15) is 122 Å². The van der Waals surface area contributed by atoms with Crippen LogP contribution in [0.4, 0.5) is 4.39 Å². The second kappa shape index (κ2) is 12.3. The smallest absolute Gasteiger partial charge is 0.310 e. The van der Waals surface area contributed by atoms with Crippen molar-refractivity contribution >= 4 is 5.97 Å². The number of hydrogen-bond donors (Lipinski definition) is 1. The molecule has 0 saturated heterocycles. The Bertz CT molecular complexity index is 1140. The molecule has 0 amide bonds. The van der Waals surface area contributed by atoms with Gasteiger partial charge in [-0.05, 0) is 84.9 Å². The van der Waals surface area contributed by atoms with Gasteiger partial charge in [-0.1, -0.05) is 85.7 Å². The van der Waals surface area contributed by atoms with E-state index >= 15 is 0 Å². The highest BCUT2D eigenvalue weighted by atomic mass is 19.1. The topological polar surface area (TPSA) is 49.8 Å². The summed E-state index contributed by atoms with van der Waals surface area (Å²) < 4.78 is 20.9. The van der Waals surface area contributed by atoms with Crippen LogP contribution in [0.3, 0.4) is 0 Å². The minimum atomic E-state index is -0.787. The summed E-state index contributed by atoms with van der Waals surface area (Å²) in [7, 11) is 2.04. The summed E-state index contributed by atoms with van der Waals surface area (Å²) >= 11 is 0. The van der Waals surface area contributed by atoms with Gasteiger partial charge in [0, 0.05) is 18.5 Å². The van der Waals surface area contributed by atoms with Crippen LogP contribution in [0.25, 0.3) is 0 Å². The summed E-state index contributed by atoms with van der Waals surface area (Å²) in [6, 6.07) is 13.7. The third kappa shape index (κ3) is 6.97. The average molecular weight is 554 g/mol. The van der Waals surface area contributed by atoms with E-state index in [0.29, 0.717) is 19.4 Å². The number of carboxylic acids is 1. The summed E-state index contributed by atoms with van der Waals surface area (Å²) in [5, 5.41) is 10.1. The van der Waals surface area contributed by atoms with Gasteiger partial charge >= 0.3 is 5.97 Å². The Morgan fingerprint density at radius 3 is 2.10 bits per heavy atom. The zero-order valence-electron chi connectivity index (χ0n) is 26.5. The lowest BCUT2D eigenvalue weighted by atomic mass is 9.77. The molecule has 2 aromatic rings. The molecule has 0 heterocycles. The summed E-state index contributed by atoms with van der Waals surface area (Å²) in [4.78, 5) is 14.5. The number of likely N-dealkylation sites (N-methyl/N-ethyl adjacent to an activating group) is 1. The molecule has 40 heavy (non-hydrogen) atoms. The van der Waals surface area contributed by atoms with E-state index in [4.69, 9.17) is 4.74 Å². The Morgan fingerprint density at radius 2 is 1.60 bits per heavy atom. The first-order valence-electron chi connectivity index (χ1n) is 15.0. The molecule has 4 atom stereocenters. The van der Waals surface area contributed by atoms with Gasteiger partial charge in [0.05, 0.1) is 17.6 Å². The van der Waals surface area contributed by atoms with E-state index in [9.17, 15) is 14.3 Å². The molecule has 1 aliphatic carbocycles. The molecular formula is C35H52FNO3. The Hall–Kier alpha value is -2.24. The van der Waals surface area contributed by atoms with E-state index in [1.165, 1.54) is 28.8 Å². The van der Waals surface area contributed by atoms with Crippen LogP contribution < -0.4 is 0 Å². The lowest BCUT2D eigenvalue weighted by Gasteiger charge is -2.38. The van der Waals surface area contributed by atoms with E-state index < -0.39 is 11.4 Å². The number of hydrogen-bond acceptors (Lipinski definition) is 3.